The van der Waals surface area contributed by atoms with E-state index in [-0.39, 0.29) is 0 Å². The minimum Gasteiger partial charge on any atom is -0.489 e. The van der Waals surface area contributed by atoms with Gasteiger partial charge in [-0.3, -0.25) is 0 Å². The van der Waals surface area contributed by atoms with Gasteiger partial charge in [0.1, 0.15) is 12.4 Å². The molecule has 0 saturated carbocycles. The molecule has 3 heteroatoms. The van der Waals surface area contributed by atoms with Crippen molar-refractivity contribution in [3.05, 3.63) is 77.9 Å². The maximum Gasteiger partial charge on any atom is 0.119 e. The summed E-state index contributed by atoms with van der Waals surface area (Å²) in [6.45, 7) is 0.605. The molecule has 0 bridgehead atoms. The van der Waals surface area contributed by atoms with Gasteiger partial charge < -0.3 is 4.74 Å². The van der Waals surface area contributed by atoms with E-state index in [1.807, 2.05) is 0 Å². The van der Waals surface area contributed by atoms with Gasteiger partial charge in [0.15, 0.2) is 0 Å². The summed E-state index contributed by atoms with van der Waals surface area (Å²) in [4.78, 5) is 0. The molecule has 0 amide bonds. The highest BCUT2D eigenvalue weighted by Crippen LogP contribution is 2.43. The van der Waals surface area contributed by atoms with Crippen LogP contribution >= 0.6 is 23.5 Å². The van der Waals surface area contributed by atoms with Gasteiger partial charge in [-0.1, -0.05) is 54.6 Å². The number of hydrogen-bond acceptors (Lipinski definition) is 3. The highest BCUT2D eigenvalue weighted by molar-refractivity contribution is 8.16. The third kappa shape index (κ3) is 3.57. The lowest BCUT2D eigenvalue weighted by Crippen LogP contribution is -2.00. The second-order valence-corrected chi connectivity index (χ2v) is 8.65. The van der Waals surface area contributed by atoms with Crippen LogP contribution in [0.3, 0.4) is 0 Å². The van der Waals surface area contributed by atoms with E-state index in [1.165, 1.54) is 39.8 Å². The quantitative estimate of drug-likeness (QED) is 0.546. The van der Waals surface area contributed by atoms with Crippen molar-refractivity contribution in [1.29, 1.82) is 0 Å². The number of hydrogen-bond donors (Lipinski definition) is 0. The van der Waals surface area contributed by atoms with Crippen LogP contribution in [0.4, 0.5) is 0 Å². The Morgan fingerprint density at radius 1 is 0.833 bits per heavy atom. The fourth-order valence-corrected chi connectivity index (χ4v) is 5.88. The first-order valence-corrected chi connectivity index (χ1v) is 10.4. The molecule has 0 spiro atoms. The molecule has 4 rings (SSSR count). The predicted octanol–water partition coefficient (Wildman–Crippen LogP) is 6.29. The summed E-state index contributed by atoms with van der Waals surface area (Å²) in [5.41, 5.74) is 2.64. The first-order chi connectivity index (χ1) is 11.9. The van der Waals surface area contributed by atoms with E-state index in [4.69, 9.17) is 4.74 Å². The van der Waals surface area contributed by atoms with Gasteiger partial charge in [-0.05, 0) is 52.0 Å². The van der Waals surface area contributed by atoms with Crippen LogP contribution in [0, 0.1) is 0 Å². The first-order valence-electron chi connectivity index (χ1n) is 8.33. The Bertz CT molecular complexity index is 802. The van der Waals surface area contributed by atoms with Crippen LogP contribution in [0.2, 0.25) is 0 Å². The molecular weight excluding hydrogens is 332 g/mol. The first kappa shape index (κ1) is 15.9. The number of rotatable bonds is 4. The molecule has 1 heterocycles. The van der Waals surface area contributed by atoms with Crippen molar-refractivity contribution in [2.75, 3.05) is 11.5 Å². The third-order valence-electron chi connectivity index (χ3n) is 4.25. The molecule has 122 valence electrons. The zero-order valence-electron chi connectivity index (χ0n) is 13.5. The monoisotopic (exact) mass is 352 g/mol. The summed E-state index contributed by atoms with van der Waals surface area (Å²) in [7, 11) is 0. The number of fused-ring (bicyclic) bond motifs is 1. The van der Waals surface area contributed by atoms with E-state index in [1.54, 1.807) is 0 Å². The van der Waals surface area contributed by atoms with Crippen molar-refractivity contribution in [1.82, 2.24) is 0 Å². The standard InChI is InChI=1S/C21H20OS2/c1-2-8-20-16(5-1)6-3-7-18(20)15-22-19-11-9-17(10-12-19)21-23-13-4-14-24-21/h1-3,5-12,21H,4,13-15H2. The number of benzene rings is 3. The average Bonchev–Trinajstić information content (AvgIpc) is 2.67. The van der Waals surface area contributed by atoms with E-state index in [9.17, 15) is 0 Å². The van der Waals surface area contributed by atoms with Gasteiger partial charge in [0, 0.05) is 0 Å². The lowest BCUT2D eigenvalue weighted by molar-refractivity contribution is 0.307. The molecule has 1 nitrogen and oxygen atoms in total. The molecule has 0 N–H and O–H groups in total. The summed E-state index contributed by atoms with van der Waals surface area (Å²) in [5, 5.41) is 2.53. The van der Waals surface area contributed by atoms with E-state index >= 15 is 0 Å². The molecule has 0 aromatic heterocycles. The van der Waals surface area contributed by atoms with Crippen LogP contribution in [-0.4, -0.2) is 11.5 Å². The van der Waals surface area contributed by atoms with E-state index in [2.05, 4.69) is 90.3 Å². The second kappa shape index (κ2) is 7.54. The van der Waals surface area contributed by atoms with Gasteiger partial charge in [0.05, 0.1) is 4.58 Å². The minimum atomic E-state index is 0.589. The lowest BCUT2D eigenvalue weighted by Gasteiger charge is -2.21. The van der Waals surface area contributed by atoms with Crippen LogP contribution in [0.15, 0.2) is 66.7 Å². The average molecular weight is 353 g/mol. The zero-order valence-corrected chi connectivity index (χ0v) is 15.1. The smallest absolute Gasteiger partial charge is 0.119 e. The maximum absolute atomic E-state index is 6.03. The fraction of sp³-hybridized carbons (Fsp3) is 0.238. The Labute approximate surface area is 151 Å². The Kier molecular flexibility index (Phi) is 5.00. The van der Waals surface area contributed by atoms with Gasteiger partial charge in [-0.15, -0.1) is 23.5 Å². The van der Waals surface area contributed by atoms with Crippen molar-refractivity contribution in [3.8, 4) is 5.75 Å². The molecule has 1 fully saturated rings. The zero-order chi connectivity index (χ0) is 16.2. The van der Waals surface area contributed by atoms with Gasteiger partial charge in [0.2, 0.25) is 0 Å². The molecule has 0 radical (unpaired) electrons. The van der Waals surface area contributed by atoms with Gasteiger partial charge in [-0.25, -0.2) is 0 Å². The van der Waals surface area contributed by atoms with Gasteiger partial charge in [-0.2, -0.15) is 0 Å². The van der Waals surface area contributed by atoms with Crippen molar-refractivity contribution < 1.29 is 4.74 Å². The van der Waals surface area contributed by atoms with Gasteiger partial charge >= 0.3 is 0 Å². The summed E-state index contributed by atoms with van der Waals surface area (Å²) < 4.78 is 6.62. The summed E-state index contributed by atoms with van der Waals surface area (Å²) in [6, 6.07) is 23.5. The molecule has 0 aliphatic carbocycles. The van der Waals surface area contributed by atoms with Crippen molar-refractivity contribution in [2.24, 2.45) is 0 Å². The molecular formula is C21H20OS2. The van der Waals surface area contributed by atoms with Crippen molar-refractivity contribution in [2.45, 2.75) is 17.6 Å². The Morgan fingerprint density at radius 2 is 1.58 bits per heavy atom. The molecule has 0 unspecified atom stereocenters. The molecule has 1 aliphatic rings. The molecule has 3 aromatic rings. The molecule has 0 atom stereocenters. The third-order valence-corrected chi connectivity index (χ3v) is 7.27. The Morgan fingerprint density at radius 3 is 2.42 bits per heavy atom. The summed E-state index contributed by atoms with van der Waals surface area (Å²) in [6.07, 6.45) is 1.33. The molecule has 1 aliphatic heterocycles. The van der Waals surface area contributed by atoms with Crippen LogP contribution in [0.25, 0.3) is 10.8 Å². The van der Waals surface area contributed by atoms with Crippen LogP contribution in [0.5, 0.6) is 5.75 Å². The highest BCUT2D eigenvalue weighted by Gasteiger charge is 2.16. The van der Waals surface area contributed by atoms with E-state index in [0.29, 0.717) is 11.2 Å². The van der Waals surface area contributed by atoms with Gasteiger partial charge in [0.25, 0.3) is 0 Å². The minimum absolute atomic E-state index is 0.589. The van der Waals surface area contributed by atoms with Crippen molar-refractivity contribution >= 4 is 34.3 Å². The number of thioether (sulfide) groups is 2. The SMILES string of the molecule is c1ccc2c(COc3ccc(C4SCCCS4)cc3)cccc2c1. The van der Waals surface area contributed by atoms with Crippen LogP contribution in [-0.2, 0) is 6.61 Å². The number of ether oxygens (including phenoxy) is 1. The molecule has 24 heavy (non-hydrogen) atoms. The van der Waals surface area contributed by atoms with E-state index < -0.39 is 0 Å². The summed E-state index contributed by atoms with van der Waals surface area (Å²) in [5.74, 6) is 3.49. The Balaban J connectivity index is 1.45. The highest BCUT2D eigenvalue weighted by atomic mass is 32.2. The van der Waals surface area contributed by atoms with Crippen molar-refractivity contribution in [3.63, 3.8) is 0 Å². The predicted molar refractivity (Wildman–Crippen MR) is 107 cm³/mol. The molecule has 3 aromatic carbocycles. The topological polar surface area (TPSA) is 9.23 Å². The van der Waals surface area contributed by atoms with Crippen LogP contribution in [0.1, 0.15) is 22.1 Å². The van der Waals surface area contributed by atoms with E-state index in [0.717, 1.165) is 5.75 Å². The fourth-order valence-electron chi connectivity index (χ4n) is 2.98. The lowest BCUT2D eigenvalue weighted by atomic mass is 10.1. The normalized spacial score (nSPS) is 15.5. The Hall–Kier alpha value is -1.58. The second-order valence-electron chi connectivity index (χ2n) is 5.92. The molecule has 1 saturated heterocycles. The largest absolute Gasteiger partial charge is 0.489 e. The maximum atomic E-state index is 6.03. The summed E-state index contributed by atoms with van der Waals surface area (Å²) >= 11 is 4.11. The van der Waals surface area contributed by atoms with Crippen LogP contribution < -0.4 is 4.74 Å².